The van der Waals surface area contributed by atoms with Gasteiger partial charge >= 0.3 is 5.97 Å². The molecule has 1 aromatic rings. The molecule has 0 aliphatic rings. The molecule has 6 atom stereocenters. The molecule has 0 saturated carbocycles. The van der Waals surface area contributed by atoms with Crippen LogP contribution in [0, 0.1) is 11.8 Å². The van der Waals surface area contributed by atoms with E-state index in [2.05, 4.69) is 37.2 Å². The van der Waals surface area contributed by atoms with Crippen molar-refractivity contribution in [2.45, 2.75) is 103 Å². The van der Waals surface area contributed by atoms with Gasteiger partial charge in [-0.05, 0) is 44.1 Å². The minimum atomic E-state index is -1.41. The number of carboxylic acid groups (broad SMARTS) is 1. The van der Waals surface area contributed by atoms with E-state index in [-0.39, 0.29) is 37.5 Å². The molecule has 57 heavy (non-hydrogen) atoms. The minimum absolute atomic E-state index is 0.0100. The van der Waals surface area contributed by atoms with Crippen LogP contribution < -0.4 is 48.7 Å². The zero-order valence-electron chi connectivity index (χ0n) is 32.9. The maximum atomic E-state index is 13.4. The highest BCUT2D eigenvalue weighted by Crippen LogP contribution is 2.09. The van der Waals surface area contributed by atoms with Crippen LogP contribution in [0.1, 0.15) is 66.4 Å². The van der Waals surface area contributed by atoms with Crippen LogP contribution in [0.25, 0.3) is 0 Å². The lowest BCUT2D eigenvalue weighted by atomic mass is 10.0. The van der Waals surface area contributed by atoms with Gasteiger partial charge in [0.2, 0.25) is 53.2 Å². The molecule has 0 bridgehead atoms. The number of hydrogen-bond donors (Lipinski definition) is 10. The summed E-state index contributed by atoms with van der Waals surface area (Å²) in [6, 6.07) is 1.40. The number of primary amides is 2. The summed E-state index contributed by atoms with van der Waals surface area (Å²) >= 11 is 0. The van der Waals surface area contributed by atoms with Crippen molar-refractivity contribution in [3.63, 3.8) is 0 Å². The number of rotatable bonds is 24. The number of carboxylic acids is 1. The minimum Gasteiger partial charge on any atom is -0.480 e. The largest absolute Gasteiger partial charge is 0.480 e. The molecule has 0 aliphatic heterocycles. The lowest BCUT2D eigenvalue weighted by molar-refractivity contribution is -0.141. The van der Waals surface area contributed by atoms with Gasteiger partial charge in [-0.2, -0.15) is 0 Å². The first-order chi connectivity index (χ1) is 26.6. The van der Waals surface area contributed by atoms with Crippen LogP contribution in [0.4, 0.5) is 0 Å². The van der Waals surface area contributed by atoms with Gasteiger partial charge in [-0.3, -0.25) is 43.2 Å². The Kier molecular flexibility index (Phi) is 20.7. The Morgan fingerprint density at radius 1 is 0.649 bits per heavy atom. The van der Waals surface area contributed by atoms with Gasteiger partial charge in [0.1, 0.15) is 36.3 Å². The lowest BCUT2D eigenvalue weighted by Crippen LogP contribution is -2.58. The Hall–Kier alpha value is -6.34. The molecule has 0 unspecified atom stereocenters. The molecule has 314 valence electrons. The van der Waals surface area contributed by atoms with Crippen molar-refractivity contribution >= 4 is 59.1 Å². The van der Waals surface area contributed by atoms with E-state index >= 15 is 0 Å². The molecule has 1 aromatic carbocycles. The number of hydrogen-bond acceptors (Lipinski definition) is 10. The van der Waals surface area contributed by atoms with Crippen molar-refractivity contribution in [3.8, 4) is 0 Å². The van der Waals surface area contributed by atoms with Crippen molar-refractivity contribution in [1.29, 1.82) is 0 Å². The van der Waals surface area contributed by atoms with E-state index in [9.17, 15) is 53.1 Å². The van der Waals surface area contributed by atoms with Crippen LogP contribution in [0.2, 0.25) is 0 Å². The first-order valence-electron chi connectivity index (χ1n) is 18.2. The molecule has 0 fully saturated rings. The molecule has 0 heterocycles. The summed E-state index contributed by atoms with van der Waals surface area (Å²) in [6.07, 6.45) is 1.01. The molecule has 0 saturated heterocycles. The smallest absolute Gasteiger partial charge is 0.326 e. The maximum Gasteiger partial charge on any atom is 0.326 e. The van der Waals surface area contributed by atoms with Crippen LogP contribution in [-0.4, -0.2) is 107 Å². The third kappa shape index (κ3) is 19.2. The van der Waals surface area contributed by atoms with Gasteiger partial charge in [-0.15, -0.1) is 0 Å². The van der Waals surface area contributed by atoms with Crippen molar-refractivity contribution in [2.24, 2.45) is 23.3 Å². The fourth-order valence-corrected chi connectivity index (χ4v) is 5.07. The van der Waals surface area contributed by atoms with Crippen molar-refractivity contribution in [3.05, 3.63) is 48.0 Å². The Morgan fingerprint density at radius 3 is 1.74 bits per heavy atom. The van der Waals surface area contributed by atoms with Gasteiger partial charge in [-0.25, -0.2) is 4.79 Å². The average molecular weight is 802 g/mol. The Bertz CT molecular complexity index is 1650. The number of amides is 9. The van der Waals surface area contributed by atoms with E-state index in [0.717, 1.165) is 12.2 Å². The zero-order valence-corrected chi connectivity index (χ0v) is 32.9. The second-order valence-electron chi connectivity index (χ2n) is 14.0. The molecule has 0 aliphatic carbocycles. The summed E-state index contributed by atoms with van der Waals surface area (Å²) in [5.74, 6) is -9.05. The van der Waals surface area contributed by atoms with E-state index in [1.807, 2.05) is 0 Å². The number of carbonyl (C=O) groups excluding carboxylic acids is 9. The normalized spacial score (nSPS) is 14.2. The standard InChI is InChI=1S/C37H55N9O11/c1-19(2)16-25(36(55)42-22(6)34(53)46-31(20(3)4)32(39)51)45-35(54)24(12-13-27(38)47)43-29(49)15-14-28(48)41-21(5)33(52)40-18-30(50)44-26(37(56)57)17-23-10-8-7-9-11-23/h7-11,14-15,19-22,24-26,31H,12-13,16-18H2,1-6H3,(H2,38,47)(H2,39,51)(H,40,52)(H,41,48)(H,42,55)(H,43,49)(H,44,50)(H,45,54)(H,46,53)(H,56,57)/b15-14+/t21-,22-,24-,25-,26-,31-/m0/s1. The fourth-order valence-electron chi connectivity index (χ4n) is 5.07. The van der Waals surface area contributed by atoms with Gasteiger partial charge in [-0.1, -0.05) is 58.0 Å². The highest BCUT2D eigenvalue weighted by molar-refractivity contribution is 6.01. The Morgan fingerprint density at radius 2 is 1.21 bits per heavy atom. The third-order valence-corrected chi connectivity index (χ3v) is 8.15. The summed E-state index contributed by atoms with van der Waals surface area (Å²) in [6.45, 7) is 8.98. The van der Waals surface area contributed by atoms with Crippen LogP contribution in [0.5, 0.6) is 0 Å². The van der Waals surface area contributed by atoms with Gasteiger partial charge in [0.05, 0.1) is 6.54 Å². The third-order valence-electron chi connectivity index (χ3n) is 8.15. The number of nitrogens with one attached hydrogen (secondary N) is 7. The predicted molar refractivity (Wildman–Crippen MR) is 205 cm³/mol. The van der Waals surface area contributed by atoms with Gasteiger partial charge in [0.25, 0.3) is 0 Å². The summed E-state index contributed by atoms with van der Waals surface area (Å²) in [5.41, 5.74) is 11.3. The van der Waals surface area contributed by atoms with Crippen molar-refractivity contribution < 1.29 is 53.1 Å². The topological polar surface area (TPSA) is 327 Å². The lowest BCUT2D eigenvalue weighted by Gasteiger charge is -2.26. The predicted octanol–water partition coefficient (Wildman–Crippen LogP) is -2.61. The SMILES string of the molecule is CC(C)C[C@H](NC(=O)[C@H](CCC(N)=O)NC(=O)/C=C/C(=O)N[C@@H](C)C(=O)NCC(=O)N[C@@H](Cc1ccccc1)C(=O)O)C(=O)N[C@@H](C)C(=O)N[C@H](C(N)=O)C(C)C. The molecule has 20 nitrogen and oxygen atoms in total. The number of benzene rings is 1. The first-order valence-corrected chi connectivity index (χ1v) is 18.2. The molecule has 0 radical (unpaired) electrons. The summed E-state index contributed by atoms with van der Waals surface area (Å²) in [7, 11) is 0. The van der Waals surface area contributed by atoms with Crippen LogP contribution >= 0.6 is 0 Å². The highest BCUT2D eigenvalue weighted by atomic mass is 16.4. The van der Waals surface area contributed by atoms with Crippen LogP contribution in [-0.2, 0) is 54.4 Å². The van der Waals surface area contributed by atoms with E-state index in [0.29, 0.717) is 5.56 Å². The molecule has 0 aromatic heterocycles. The summed E-state index contributed by atoms with van der Waals surface area (Å²) < 4.78 is 0. The second-order valence-corrected chi connectivity index (χ2v) is 14.0. The van der Waals surface area contributed by atoms with E-state index < -0.39 is 102 Å². The summed E-state index contributed by atoms with van der Waals surface area (Å²) in [4.78, 5) is 124. The van der Waals surface area contributed by atoms with Crippen LogP contribution in [0.15, 0.2) is 42.5 Å². The van der Waals surface area contributed by atoms with Crippen molar-refractivity contribution in [1.82, 2.24) is 37.2 Å². The van der Waals surface area contributed by atoms with Crippen LogP contribution in [0.3, 0.4) is 0 Å². The molecule has 9 amide bonds. The number of nitrogens with two attached hydrogens (primary N) is 2. The summed E-state index contributed by atoms with van der Waals surface area (Å²) in [5, 5.41) is 26.2. The van der Waals surface area contributed by atoms with E-state index in [4.69, 9.17) is 11.5 Å². The number of carbonyl (C=O) groups is 10. The fraction of sp³-hybridized carbons (Fsp3) is 0.514. The van der Waals surface area contributed by atoms with Gasteiger partial charge < -0.3 is 53.8 Å². The van der Waals surface area contributed by atoms with Gasteiger partial charge in [0.15, 0.2) is 0 Å². The Labute approximate surface area is 330 Å². The van der Waals surface area contributed by atoms with E-state index in [1.165, 1.54) is 13.8 Å². The van der Waals surface area contributed by atoms with Crippen molar-refractivity contribution in [2.75, 3.05) is 6.54 Å². The Balaban J connectivity index is 2.85. The first kappa shape index (κ1) is 48.7. The molecule has 1 rings (SSSR count). The van der Waals surface area contributed by atoms with Gasteiger partial charge in [0, 0.05) is 25.0 Å². The molecule has 20 heteroatoms. The quantitative estimate of drug-likeness (QED) is 0.0483. The average Bonchev–Trinajstić information content (AvgIpc) is 3.12. The number of aliphatic carboxylic acids is 1. The second kappa shape index (κ2) is 24.2. The molecular formula is C37H55N9O11. The molecule has 12 N–H and O–H groups in total. The zero-order chi connectivity index (χ0) is 43.4. The highest BCUT2D eigenvalue weighted by Gasteiger charge is 2.31. The molecule has 0 spiro atoms. The monoisotopic (exact) mass is 801 g/mol. The molecular weight excluding hydrogens is 746 g/mol. The maximum absolute atomic E-state index is 13.4. The van der Waals surface area contributed by atoms with E-state index in [1.54, 1.807) is 58.0 Å².